The molecule has 0 spiro atoms. The Morgan fingerprint density at radius 1 is 1.38 bits per heavy atom. The van der Waals surface area contributed by atoms with Gasteiger partial charge in [0.2, 0.25) is 0 Å². The van der Waals surface area contributed by atoms with Crippen molar-refractivity contribution in [3.8, 4) is 12.3 Å². The Labute approximate surface area is 51.9 Å². The van der Waals surface area contributed by atoms with Gasteiger partial charge < -0.3 is 4.48 Å². The van der Waals surface area contributed by atoms with E-state index in [1.165, 1.54) is 0 Å². The number of nitrogens with zero attached hydrogens (tertiary/aromatic N) is 1. The minimum atomic E-state index is 0.878. The molecule has 0 N–H and O–H groups in total. The van der Waals surface area contributed by atoms with Crippen LogP contribution in [0.5, 0.6) is 0 Å². The van der Waals surface area contributed by atoms with Crippen molar-refractivity contribution in [3.05, 3.63) is 0 Å². The van der Waals surface area contributed by atoms with Crippen LogP contribution in [0, 0.1) is 12.3 Å². The quantitative estimate of drug-likeness (QED) is 0.364. The van der Waals surface area contributed by atoms with E-state index in [0.717, 1.165) is 17.4 Å². The smallest absolute Gasteiger partial charge is 0.0891 e. The number of hydrogen-bond acceptors (Lipinski definition) is 0. The van der Waals surface area contributed by atoms with Crippen LogP contribution in [-0.4, -0.2) is 32.2 Å². The van der Waals surface area contributed by atoms with Crippen LogP contribution >= 0.6 is 0 Å². The molecule has 0 saturated carbocycles. The molecule has 0 aromatic heterocycles. The Kier molecular flexibility index (Phi) is 2.57. The molecule has 46 valence electrons. The van der Waals surface area contributed by atoms with E-state index >= 15 is 0 Å². The summed E-state index contributed by atoms with van der Waals surface area (Å²) in [6.45, 7) is 1.07. The first-order valence-electron chi connectivity index (χ1n) is 2.80. The molecule has 0 aliphatic carbocycles. The molecule has 0 aromatic carbocycles. The molecule has 0 unspecified atom stereocenters. The number of quaternary nitrogens is 1. The minimum absolute atomic E-state index is 0.878. The highest BCUT2D eigenvalue weighted by molar-refractivity contribution is 4.82. The molecule has 0 aliphatic rings. The van der Waals surface area contributed by atoms with Gasteiger partial charge in [0.15, 0.2) is 0 Å². The summed E-state index contributed by atoms with van der Waals surface area (Å²) in [5, 5.41) is 0. The Bertz CT molecular complexity index is 91.9. The van der Waals surface area contributed by atoms with Gasteiger partial charge in [-0.15, -0.1) is 12.3 Å². The third-order valence-electron chi connectivity index (χ3n) is 0.927. The summed E-state index contributed by atoms with van der Waals surface area (Å²) >= 11 is 0. The molecule has 0 heterocycles. The minimum Gasteiger partial charge on any atom is -0.330 e. The van der Waals surface area contributed by atoms with Gasteiger partial charge in [0.25, 0.3) is 0 Å². The van der Waals surface area contributed by atoms with Crippen molar-refractivity contribution >= 4 is 0 Å². The summed E-state index contributed by atoms with van der Waals surface area (Å²) in [4.78, 5) is 0. The molecule has 0 bridgehead atoms. The fourth-order valence-electron chi connectivity index (χ4n) is 0.400. The first kappa shape index (κ1) is 7.52. The zero-order valence-electron chi connectivity index (χ0n) is 5.94. The van der Waals surface area contributed by atoms with Gasteiger partial charge in [-0.2, -0.15) is 0 Å². The molecule has 0 aromatic rings. The molecule has 0 rings (SSSR count). The van der Waals surface area contributed by atoms with Gasteiger partial charge in [0.1, 0.15) is 0 Å². The highest BCUT2D eigenvalue weighted by Gasteiger charge is 2.02. The second-order valence-electron chi connectivity index (χ2n) is 2.97. The Balaban J connectivity index is 3.28. The molecular formula is C7H14N+. The lowest BCUT2D eigenvalue weighted by Gasteiger charge is -2.22. The second-order valence-corrected chi connectivity index (χ2v) is 2.97. The molecule has 8 heavy (non-hydrogen) atoms. The standard InChI is InChI=1S/C7H14N/c1-5-6-7-8(2,3)4/h1H,6-7H2,2-4H3/q+1. The van der Waals surface area contributed by atoms with E-state index in [9.17, 15) is 0 Å². The third kappa shape index (κ3) is 5.52. The van der Waals surface area contributed by atoms with Crippen molar-refractivity contribution in [2.45, 2.75) is 6.42 Å². The van der Waals surface area contributed by atoms with Gasteiger partial charge in [-0.25, -0.2) is 0 Å². The lowest BCUT2D eigenvalue weighted by Crippen LogP contribution is -2.34. The molecule has 0 amide bonds. The summed E-state index contributed by atoms with van der Waals surface area (Å²) in [7, 11) is 6.41. The highest BCUT2D eigenvalue weighted by atomic mass is 15.3. The maximum Gasteiger partial charge on any atom is 0.0891 e. The van der Waals surface area contributed by atoms with Crippen LogP contribution in [-0.2, 0) is 0 Å². The summed E-state index contributed by atoms with van der Waals surface area (Å²) in [5.74, 6) is 2.61. The predicted octanol–water partition coefficient (Wildman–Crippen LogP) is 0.716. The van der Waals surface area contributed by atoms with Gasteiger partial charge in [-0.3, -0.25) is 0 Å². The molecule has 0 atom stereocenters. The van der Waals surface area contributed by atoms with E-state index in [-0.39, 0.29) is 0 Å². The Morgan fingerprint density at radius 3 is 2.00 bits per heavy atom. The van der Waals surface area contributed by atoms with Crippen molar-refractivity contribution < 1.29 is 4.48 Å². The van der Waals surface area contributed by atoms with Crippen LogP contribution in [0.3, 0.4) is 0 Å². The Hall–Kier alpha value is -0.480. The summed E-state index contributed by atoms with van der Waals surface area (Å²) in [6.07, 6.45) is 5.95. The molecule has 1 nitrogen and oxygen atoms in total. The average molecular weight is 112 g/mol. The van der Waals surface area contributed by atoms with Gasteiger partial charge >= 0.3 is 0 Å². The normalized spacial score (nSPS) is 10.8. The van der Waals surface area contributed by atoms with Crippen LogP contribution in [0.15, 0.2) is 0 Å². The van der Waals surface area contributed by atoms with Crippen LogP contribution in [0.1, 0.15) is 6.42 Å². The van der Waals surface area contributed by atoms with Gasteiger partial charge in [-0.05, 0) is 0 Å². The first-order chi connectivity index (χ1) is 3.56. The van der Waals surface area contributed by atoms with Crippen LogP contribution < -0.4 is 0 Å². The summed E-state index contributed by atoms with van der Waals surface area (Å²) in [5.41, 5.74) is 0. The zero-order valence-corrected chi connectivity index (χ0v) is 5.94. The maximum atomic E-state index is 5.08. The largest absolute Gasteiger partial charge is 0.330 e. The summed E-state index contributed by atoms with van der Waals surface area (Å²) < 4.78 is 0.962. The number of hydrogen-bond donors (Lipinski definition) is 0. The molecule has 1 heteroatoms. The SMILES string of the molecule is C#CCC[N+](C)(C)C. The van der Waals surface area contributed by atoms with Crippen LogP contribution in [0.4, 0.5) is 0 Å². The number of rotatable bonds is 2. The van der Waals surface area contributed by atoms with Crippen molar-refractivity contribution in [1.29, 1.82) is 0 Å². The molecule has 0 radical (unpaired) electrons. The first-order valence-corrected chi connectivity index (χ1v) is 2.80. The topological polar surface area (TPSA) is 0 Å². The lowest BCUT2D eigenvalue weighted by atomic mass is 10.4. The van der Waals surface area contributed by atoms with Crippen molar-refractivity contribution in [1.82, 2.24) is 0 Å². The van der Waals surface area contributed by atoms with E-state index in [4.69, 9.17) is 6.42 Å². The van der Waals surface area contributed by atoms with E-state index in [0.29, 0.717) is 0 Å². The third-order valence-corrected chi connectivity index (χ3v) is 0.927. The van der Waals surface area contributed by atoms with E-state index < -0.39 is 0 Å². The Morgan fingerprint density at radius 2 is 1.88 bits per heavy atom. The molecule has 0 saturated heterocycles. The summed E-state index contributed by atoms with van der Waals surface area (Å²) in [6, 6.07) is 0. The average Bonchev–Trinajstić information content (AvgIpc) is 1.59. The van der Waals surface area contributed by atoms with Gasteiger partial charge in [0, 0.05) is 0 Å². The van der Waals surface area contributed by atoms with Crippen molar-refractivity contribution in [2.24, 2.45) is 0 Å². The lowest BCUT2D eigenvalue weighted by molar-refractivity contribution is -0.869. The van der Waals surface area contributed by atoms with E-state index in [2.05, 4.69) is 27.1 Å². The fraction of sp³-hybridized carbons (Fsp3) is 0.714. The monoisotopic (exact) mass is 112 g/mol. The second kappa shape index (κ2) is 2.74. The highest BCUT2D eigenvalue weighted by Crippen LogP contribution is 1.90. The number of terminal acetylenes is 1. The van der Waals surface area contributed by atoms with Gasteiger partial charge in [0.05, 0.1) is 34.1 Å². The predicted molar refractivity (Wildman–Crippen MR) is 36.3 cm³/mol. The molecule has 0 aliphatic heterocycles. The van der Waals surface area contributed by atoms with Crippen molar-refractivity contribution in [2.75, 3.05) is 27.7 Å². The van der Waals surface area contributed by atoms with Crippen LogP contribution in [0.25, 0.3) is 0 Å². The van der Waals surface area contributed by atoms with Crippen LogP contribution in [0.2, 0.25) is 0 Å². The van der Waals surface area contributed by atoms with Crippen molar-refractivity contribution in [3.63, 3.8) is 0 Å². The van der Waals surface area contributed by atoms with E-state index in [1.54, 1.807) is 0 Å². The van der Waals surface area contributed by atoms with E-state index in [1.807, 2.05) is 0 Å². The zero-order chi connectivity index (χ0) is 6.62. The van der Waals surface area contributed by atoms with Gasteiger partial charge in [-0.1, -0.05) is 0 Å². The molecular weight excluding hydrogens is 98.1 g/mol. The fourth-order valence-corrected chi connectivity index (χ4v) is 0.400. The molecule has 0 fully saturated rings. The maximum absolute atomic E-state index is 5.08.